The molecule has 2 aromatic rings. The minimum Gasteiger partial charge on any atom is -0.393 e. The van der Waals surface area contributed by atoms with Crippen molar-refractivity contribution in [3.63, 3.8) is 0 Å². The molecule has 0 spiro atoms. The quantitative estimate of drug-likeness (QED) is 0.812. The molecule has 1 saturated heterocycles. The maximum absolute atomic E-state index is 13.4. The molecule has 2 N–H and O–H groups in total. The van der Waals surface area contributed by atoms with E-state index in [2.05, 4.69) is 5.32 Å². The van der Waals surface area contributed by atoms with Crippen LogP contribution in [0.1, 0.15) is 28.8 Å². The second-order valence-electron chi connectivity index (χ2n) is 6.42. The van der Waals surface area contributed by atoms with Gasteiger partial charge in [-0.15, -0.1) is 0 Å². The summed E-state index contributed by atoms with van der Waals surface area (Å²) in [5.41, 5.74) is 0.128. The Morgan fingerprint density at radius 2 is 1.93 bits per heavy atom. The van der Waals surface area contributed by atoms with Gasteiger partial charge in [-0.3, -0.25) is 4.79 Å². The average Bonchev–Trinajstić information content (AvgIpc) is 2.70. The van der Waals surface area contributed by atoms with E-state index in [0.29, 0.717) is 12.8 Å². The number of carbonyl (C=O) groups excluding carboxylic acids is 1. The number of sulfonamides is 1. The van der Waals surface area contributed by atoms with Crippen LogP contribution in [0.15, 0.2) is 47.4 Å². The van der Waals surface area contributed by atoms with Gasteiger partial charge in [-0.25, -0.2) is 12.8 Å². The lowest BCUT2D eigenvalue weighted by Crippen LogP contribution is -2.40. The summed E-state index contributed by atoms with van der Waals surface area (Å²) in [5, 5.41) is 21.0. The number of nitrogens with one attached hydrogen (secondary N) is 1. The lowest BCUT2D eigenvalue weighted by molar-refractivity contribution is 0.102. The molecular weight excluding hydrogens is 385 g/mol. The van der Waals surface area contributed by atoms with E-state index < -0.39 is 27.9 Å². The number of rotatable bonds is 4. The van der Waals surface area contributed by atoms with Crippen molar-refractivity contribution in [2.75, 3.05) is 18.4 Å². The summed E-state index contributed by atoms with van der Waals surface area (Å²) in [6.07, 6.45) is 0.230. The Bertz CT molecular complexity index is 1040. The van der Waals surface area contributed by atoms with E-state index in [4.69, 9.17) is 5.26 Å². The van der Waals surface area contributed by atoms with Crippen LogP contribution in [0, 0.1) is 17.1 Å². The van der Waals surface area contributed by atoms with E-state index in [-0.39, 0.29) is 34.8 Å². The number of nitrogens with zero attached hydrogens (tertiary/aromatic N) is 2. The van der Waals surface area contributed by atoms with Gasteiger partial charge >= 0.3 is 0 Å². The molecule has 0 atom stereocenters. The number of carbonyl (C=O) groups is 1. The maximum Gasteiger partial charge on any atom is 0.255 e. The molecule has 1 aliphatic rings. The van der Waals surface area contributed by atoms with Crippen molar-refractivity contribution in [1.29, 1.82) is 5.26 Å². The van der Waals surface area contributed by atoms with Gasteiger partial charge in [0.05, 0.1) is 16.6 Å². The molecule has 0 aliphatic carbocycles. The molecule has 1 aliphatic heterocycles. The van der Waals surface area contributed by atoms with E-state index in [9.17, 15) is 22.7 Å². The van der Waals surface area contributed by atoms with E-state index in [1.54, 1.807) is 6.07 Å². The molecule has 0 saturated carbocycles. The largest absolute Gasteiger partial charge is 0.393 e. The predicted molar refractivity (Wildman–Crippen MR) is 99.5 cm³/mol. The van der Waals surface area contributed by atoms with E-state index in [0.717, 1.165) is 6.07 Å². The van der Waals surface area contributed by atoms with E-state index >= 15 is 0 Å². The van der Waals surface area contributed by atoms with Gasteiger partial charge in [-0.05, 0) is 49.2 Å². The first-order chi connectivity index (χ1) is 13.3. The molecule has 0 unspecified atom stereocenters. The van der Waals surface area contributed by atoms with E-state index in [1.807, 2.05) is 0 Å². The number of piperidine rings is 1. The Labute approximate surface area is 162 Å². The van der Waals surface area contributed by atoms with Crippen molar-refractivity contribution in [3.05, 3.63) is 59.4 Å². The standard InChI is InChI=1S/C19H18FN3O4S/c20-18-5-4-15(10-14(18)12-21)22-19(25)13-2-1-3-17(11-13)28(26,27)23-8-6-16(24)7-9-23/h1-5,10-11,16,24H,6-9H2,(H,22,25). The topological polar surface area (TPSA) is 110 Å². The zero-order valence-corrected chi connectivity index (χ0v) is 15.6. The highest BCUT2D eigenvalue weighted by Gasteiger charge is 2.29. The summed E-state index contributed by atoms with van der Waals surface area (Å²) in [5.74, 6) is -1.28. The predicted octanol–water partition coefficient (Wildman–Crippen LogP) is 2.10. The molecule has 7 nitrogen and oxygen atoms in total. The molecule has 1 amide bonds. The van der Waals surface area contributed by atoms with Crippen molar-refractivity contribution >= 4 is 21.6 Å². The van der Waals surface area contributed by atoms with Crippen molar-refractivity contribution < 1.29 is 22.7 Å². The average molecular weight is 403 g/mol. The number of benzene rings is 2. The van der Waals surface area contributed by atoms with Gasteiger partial charge < -0.3 is 10.4 Å². The van der Waals surface area contributed by atoms with E-state index in [1.165, 1.54) is 40.7 Å². The highest BCUT2D eigenvalue weighted by molar-refractivity contribution is 7.89. The molecule has 0 radical (unpaired) electrons. The van der Waals surface area contributed by atoms with Gasteiger partial charge in [0.25, 0.3) is 5.91 Å². The highest BCUT2D eigenvalue weighted by atomic mass is 32.2. The Hall–Kier alpha value is -2.80. The van der Waals surface area contributed by atoms with Crippen LogP contribution in [-0.2, 0) is 10.0 Å². The molecule has 1 heterocycles. The number of hydrogen-bond donors (Lipinski definition) is 2. The van der Waals surface area contributed by atoms with Crippen molar-refractivity contribution in [2.24, 2.45) is 0 Å². The summed E-state index contributed by atoms with van der Waals surface area (Å²) >= 11 is 0. The molecule has 2 aromatic carbocycles. The lowest BCUT2D eigenvalue weighted by atomic mass is 10.1. The van der Waals surface area contributed by atoms with Crippen LogP contribution in [0.5, 0.6) is 0 Å². The van der Waals surface area contributed by atoms with Gasteiger partial charge in [0.2, 0.25) is 10.0 Å². The fourth-order valence-electron chi connectivity index (χ4n) is 2.92. The Balaban J connectivity index is 1.81. The maximum atomic E-state index is 13.4. The van der Waals surface area contributed by atoms with Crippen LogP contribution < -0.4 is 5.32 Å². The van der Waals surface area contributed by atoms with Crippen molar-refractivity contribution in [2.45, 2.75) is 23.8 Å². The van der Waals surface area contributed by atoms with Gasteiger partial charge in [0.1, 0.15) is 11.9 Å². The third-order valence-electron chi connectivity index (χ3n) is 4.50. The summed E-state index contributed by atoms with van der Waals surface area (Å²) < 4.78 is 40.2. The normalized spacial score (nSPS) is 15.8. The second-order valence-corrected chi connectivity index (χ2v) is 8.36. The number of anilines is 1. The monoisotopic (exact) mass is 403 g/mol. The molecule has 9 heteroatoms. The molecular formula is C19H18FN3O4S. The van der Waals surface area contributed by atoms with Crippen LogP contribution in [0.3, 0.4) is 0 Å². The highest BCUT2D eigenvalue weighted by Crippen LogP contribution is 2.22. The number of hydrogen-bond acceptors (Lipinski definition) is 5. The molecule has 0 aromatic heterocycles. The Morgan fingerprint density at radius 3 is 2.61 bits per heavy atom. The number of halogens is 1. The first-order valence-corrected chi connectivity index (χ1v) is 10.0. The molecule has 146 valence electrons. The lowest BCUT2D eigenvalue weighted by Gasteiger charge is -2.28. The minimum atomic E-state index is -3.78. The molecule has 3 rings (SSSR count). The van der Waals surface area contributed by atoms with Crippen molar-refractivity contribution in [1.82, 2.24) is 4.31 Å². The minimum absolute atomic E-state index is 0.0200. The fraction of sp³-hybridized carbons (Fsp3) is 0.263. The first-order valence-electron chi connectivity index (χ1n) is 8.60. The van der Waals surface area contributed by atoms with Crippen LogP contribution in [-0.4, -0.2) is 42.9 Å². The second kappa shape index (κ2) is 8.06. The summed E-state index contributed by atoms with van der Waals surface area (Å²) in [7, 11) is -3.78. The third kappa shape index (κ3) is 4.20. The fourth-order valence-corrected chi connectivity index (χ4v) is 4.44. The molecule has 0 bridgehead atoms. The Morgan fingerprint density at radius 1 is 1.21 bits per heavy atom. The summed E-state index contributed by atoms with van der Waals surface area (Å²) in [4.78, 5) is 12.4. The SMILES string of the molecule is N#Cc1cc(NC(=O)c2cccc(S(=O)(=O)N3CCC(O)CC3)c2)ccc1F. The third-order valence-corrected chi connectivity index (χ3v) is 6.40. The van der Waals surface area contributed by atoms with Gasteiger partial charge in [-0.1, -0.05) is 6.07 Å². The van der Waals surface area contributed by atoms with Crippen LogP contribution in [0.2, 0.25) is 0 Å². The zero-order valence-electron chi connectivity index (χ0n) is 14.8. The van der Waals surface area contributed by atoms with Crippen molar-refractivity contribution in [3.8, 4) is 6.07 Å². The number of aliphatic hydroxyl groups excluding tert-OH is 1. The van der Waals surface area contributed by atoms with Crippen LogP contribution >= 0.6 is 0 Å². The van der Waals surface area contributed by atoms with Crippen LogP contribution in [0.25, 0.3) is 0 Å². The van der Waals surface area contributed by atoms with Gasteiger partial charge in [0, 0.05) is 24.3 Å². The smallest absolute Gasteiger partial charge is 0.255 e. The number of nitriles is 1. The summed E-state index contributed by atoms with van der Waals surface area (Å²) in [6.45, 7) is 0.429. The number of amides is 1. The number of aliphatic hydroxyl groups is 1. The first kappa shape index (κ1) is 19.9. The zero-order chi connectivity index (χ0) is 20.3. The van der Waals surface area contributed by atoms with Gasteiger partial charge in [0.15, 0.2) is 0 Å². The van der Waals surface area contributed by atoms with Gasteiger partial charge in [-0.2, -0.15) is 9.57 Å². The van der Waals surface area contributed by atoms with Crippen LogP contribution in [0.4, 0.5) is 10.1 Å². The molecule has 1 fully saturated rings. The Kier molecular flexibility index (Phi) is 5.74. The summed E-state index contributed by atoms with van der Waals surface area (Å²) in [6, 6.07) is 10.9. The molecule has 28 heavy (non-hydrogen) atoms.